The van der Waals surface area contributed by atoms with E-state index >= 15 is 0 Å². The first-order chi connectivity index (χ1) is 15.7. The highest BCUT2D eigenvalue weighted by Crippen LogP contribution is 2.35. The number of carbonyl (C=O) groups is 1. The molecule has 1 fully saturated rings. The molecule has 2 aromatic carbocycles. The second kappa shape index (κ2) is 11.0. The molecule has 0 bridgehead atoms. The molecule has 1 N–H and O–H groups in total. The van der Waals surface area contributed by atoms with E-state index in [-0.39, 0.29) is 41.8 Å². The first-order valence-corrected chi connectivity index (χ1v) is 12.8. The number of hydrogen-bond donors (Lipinski definition) is 1. The molecular formula is C22H26Cl2FN3O4S. The zero-order valence-electron chi connectivity index (χ0n) is 18.1. The Hall–Kier alpha value is -1.91. The fourth-order valence-corrected chi connectivity index (χ4v) is 6.60. The van der Waals surface area contributed by atoms with Crippen LogP contribution in [0.2, 0.25) is 10.0 Å². The molecule has 11 heteroatoms. The van der Waals surface area contributed by atoms with E-state index in [1.54, 1.807) is 18.2 Å². The molecule has 3 rings (SSSR count). The maximum Gasteiger partial charge on any atom is 0.233 e. The highest BCUT2D eigenvalue weighted by Gasteiger charge is 2.42. The lowest BCUT2D eigenvalue weighted by molar-refractivity contribution is -0.161. The molecule has 0 aromatic heterocycles. The van der Waals surface area contributed by atoms with E-state index < -0.39 is 21.3 Å². The van der Waals surface area contributed by atoms with Crippen LogP contribution in [-0.2, 0) is 14.8 Å². The van der Waals surface area contributed by atoms with Crippen LogP contribution in [0.25, 0.3) is 0 Å². The van der Waals surface area contributed by atoms with Crippen molar-refractivity contribution < 1.29 is 22.8 Å². The quantitative estimate of drug-likeness (QED) is 0.304. The zero-order valence-corrected chi connectivity index (χ0v) is 20.4. The number of piperazine rings is 1. The van der Waals surface area contributed by atoms with Gasteiger partial charge in [-0.05, 0) is 48.4 Å². The number of sulfonamides is 1. The Bertz CT molecular complexity index is 1060. The number of hydroxylamine groups is 2. The molecular weight excluding hydrogens is 492 g/mol. The van der Waals surface area contributed by atoms with Crippen molar-refractivity contribution >= 4 is 45.3 Å². The lowest BCUT2D eigenvalue weighted by Gasteiger charge is -2.39. The molecule has 7 nitrogen and oxygen atoms in total. The first-order valence-electron chi connectivity index (χ1n) is 10.6. The van der Waals surface area contributed by atoms with Gasteiger partial charge in [0.1, 0.15) is 17.1 Å². The van der Waals surface area contributed by atoms with Crippen molar-refractivity contribution in [3.05, 3.63) is 63.9 Å². The highest BCUT2D eigenvalue weighted by atomic mass is 35.5. The van der Waals surface area contributed by atoms with E-state index in [1.165, 1.54) is 28.6 Å². The van der Waals surface area contributed by atoms with Gasteiger partial charge in [-0.1, -0.05) is 42.6 Å². The third-order valence-corrected chi connectivity index (χ3v) is 8.86. The van der Waals surface area contributed by atoms with Crippen molar-refractivity contribution in [2.75, 3.05) is 31.1 Å². The van der Waals surface area contributed by atoms with E-state index in [2.05, 4.69) is 0 Å². The summed E-state index contributed by atoms with van der Waals surface area (Å²) in [5, 5.41) is 10.1. The van der Waals surface area contributed by atoms with Gasteiger partial charge in [0, 0.05) is 31.9 Å². The fraction of sp³-hybridized carbons (Fsp3) is 0.409. The molecule has 0 radical (unpaired) electrons. The summed E-state index contributed by atoms with van der Waals surface area (Å²) in [5.74, 6) is -0.334. The SMILES string of the molecule is CCCC(C(c1ccc(Cl)c(Cl)c1)N(O)C=O)S(=O)(=O)N1CCN(c2ccc(F)cc2)CC1. The summed E-state index contributed by atoms with van der Waals surface area (Å²) in [6.45, 7) is 3.14. The molecule has 2 aromatic rings. The normalized spacial score (nSPS) is 16.9. The molecule has 1 amide bonds. The molecule has 1 heterocycles. The number of nitrogens with zero attached hydrogens (tertiary/aromatic N) is 3. The van der Waals surface area contributed by atoms with Crippen molar-refractivity contribution in [2.24, 2.45) is 0 Å². The van der Waals surface area contributed by atoms with Crippen LogP contribution < -0.4 is 4.90 Å². The van der Waals surface area contributed by atoms with Gasteiger partial charge >= 0.3 is 0 Å². The highest BCUT2D eigenvalue weighted by molar-refractivity contribution is 7.89. The number of halogens is 3. The van der Waals surface area contributed by atoms with Gasteiger partial charge < -0.3 is 4.90 Å². The van der Waals surface area contributed by atoms with Gasteiger partial charge in [-0.25, -0.2) is 17.9 Å². The van der Waals surface area contributed by atoms with Crippen LogP contribution in [0, 0.1) is 5.82 Å². The summed E-state index contributed by atoms with van der Waals surface area (Å²) in [7, 11) is -3.91. The van der Waals surface area contributed by atoms with Gasteiger partial charge in [-0.2, -0.15) is 4.31 Å². The van der Waals surface area contributed by atoms with Gasteiger partial charge in [0.25, 0.3) is 0 Å². The van der Waals surface area contributed by atoms with Crippen LogP contribution in [0.4, 0.5) is 10.1 Å². The van der Waals surface area contributed by atoms with E-state index in [4.69, 9.17) is 23.2 Å². The smallest absolute Gasteiger partial charge is 0.233 e. The molecule has 1 aliphatic heterocycles. The predicted molar refractivity (Wildman–Crippen MR) is 127 cm³/mol. The van der Waals surface area contributed by atoms with E-state index in [9.17, 15) is 22.8 Å². The summed E-state index contributed by atoms with van der Waals surface area (Å²) < 4.78 is 42.0. The average molecular weight is 518 g/mol. The molecule has 2 atom stereocenters. The number of amides is 1. The number of rotatable bonds is 9. The summed E-state index contributed by atoms with van der Waals surface area (Å²) in [4.78, 5) is 13.5. The maximum atomic E-state index is 13.7. The van der Waals surface area contributed by atoms with Crippen LogP contribution in [0.1, 0.15) is 31.4 Å². The average Bonchev–Trinajstić information content (AvgIpc) is 2.81. The van der Waals surface area contributed by atoms with Gasteiger partial charge in [0.05, 0.1) is 10.0 Å². The lowest BCUT2D eigenvalue weighted by atomic mass is 10.0. The van der Waals surface area contributed by atoms with E-state index in [0.717, 1.165) is 5.69 Å². The summed E-state index contributed by atoms with van der Waals surface area (Å²) in [5.41, 5.74) is 1.18. The number of benzene rings is 2. The van der Waals surface area contributed by atoms with E-state index in [0.29, 0.717) is 30.1 Å². The molecule has 1 saturated heterocycles. The topological polar surface area (TPSA) is 81.2 Å². The van der Waals surface area contributed by atoms with Gasteiger partial charge in [0.15, 0.2) is 0 Å². The summed E-state index contributed by atoms with van der Waals surface area (Å²) >= 11 is 12.1. The Kier molecular flexibility index (Phi) is 8.58. The van der Waals surface area contributed by atoms with Crippen molar-refractivity contribution in [3.8, 4) is 0 Å². The standard InChI is InChI=1S/C22H26Cl2FN3O4S/c1-2-3-21(22(28(30)15-29)16-4-9-19(23)20(24)14-16)33(31,32)27-12-10-26(11-13-27)18-7-5-17(25)6-8-18/h4-9,14-15,21-22,30H,2-3,10-13H2,1H3. The summed E-state index contributed by atoms with van der Waals surface area (Å²) in [6, 6.07) is 9.42. The van der Waals surface area contributed by atoms with E-state index in [1.807, 2.05) is 11.8 Å². The van der Waals surface area contributed by atoms with Crippen molar-refractivity contribution in [3.63, 3.8) is 0 Å². The van der Waals surface area contributed by atoms with Gasteiger partial charge in [0.2, 0.25) is 16.4 Å². The number of hydrogen-bond acceptors (Lipinski definition) is 5. The van der Waals surface area contributed by atoms with Crippen LogP contribution in [0.5, 0.6) is 0 Å². The molecule has 0 spiro atoms. The second-order valence-electron chi connectivity index (χ2n) is 7.84. The summed E-state index contributed by atoms with van der Waals surface area (Å²) in [6.07, 6.45) is 0.929. The third-order valence-electron chi connectivity index (χ3n) is 5.78. The molecule has 2 unspecified atom stereocenters. The molecule has 33 heavy (non-hydrogen) atoms. The Morgan fingerprint density at radius 3 is 2.27 bits per heavy atom. The molecule has 0 aliphatic carbocycles. The Balaban J connectivity index is 1.87. The lowest BCUT2D eigenvalue weighted by Crippen LogP contribution is -2.53. The van der Waals surface area contributed by atoms with Gasteiger partial charge in [-0.3, -0.25) is 10.0 Å². The molecule has 1 aliphatic rings. The Morgan fingerprint density at radius 1 is 1.09 bits per heavy atom. The molecule has 180 valence electrons. The van der Waals surface area contributed by atoms with Crippen LogP contribution >= 0.6 is 23.2 Å². The van der Waals surface area contributed by atoms with Crippen molar-refractivity contribution in [2.45, 2.75) is 31.1 Å². The predicted octanol–water partition coefficient (Wildman–Crippen LogP) is 4.34. The number of carbonyl (C=O) groups excluding carboxylic acids is 1. The third kappa shape index (κ3) is 5.78. The number of anilines is 1. The Labute approximate surface area is 203 Å². The van der Waals surface area contributed by atoms with Crippen LogP contribution in [0.3, 0.4) is 0 Å². The molecule has 0 saturated carbocycles. The van der Waals surface area contributed by atoms with Crippen LogP contribution in [-0.4, -0.2) is 60.8 Å². The van der Waals surface area contributed by atoms with Crippen molar-refractivity contribution in [1.29, 1.82) is 0 Å². The fourth-order valence-electron chi connectivity index (χ4n) is 4.10. The minimum Gasteiger partial charge on any atom is -0.369 e. The van der Waals surface area contributed by atoms with Gasteiger partial charge in [-0.15, -0.1) is 0 Å². The maximum absolute atomic E-state index is 13.7. The Morgan fingerprint density at radius 2 is 1.73 bits per heavy atom. The second-order valence-corrected chi connectivity index (χ2v) is 10.8. The monoisotopic (exact) mass is 517 g/mol. The minimum absolute atomic E-state index is 0.192. The zero-order chi connectivity index (χ0) is 24.2. The largest absolute Gasteiger partial charge is 0.369 e. The minimum atomic E-state index is -3.91. The van der Waals surface area contributed by atoms with Crippen molar-refractivity contribution in [1.82, 2.24) is 9.37 Å². The first kappa shape index (κ1) is 25.7. The van der Waals surface area contributed by atoms with Crippen LogP contribution in [0.15, 0.2) is 42.5 Å².